The lowest BCUT2D eigenvalue weighted by molar-refractivity contribution is -0.132. The molecule has 0 radical (unpaired) electrons. The van der Waals surface area contributed by atoms with Crippen LogP contribution in [0.2, 0.25) is 0 Å². The smallest absolute Gasteiger partial charge is 0.239 e. The first-order valence-corrected chi connectivity index (χ1v) is 11.4. The van der Waals surface area contributed by atoms with Crippen LogP contribution in [0.25, 0.3) is 0 Å². The van der Waals surface area contributed by atoms with E-state index in [0.717, 1.165) is 25.8 Å². The number of Topliss-reactive ketones (excluding diaryl/α,β-unsaturated/α-hetero) is 1. The van der Waals surface area contributed by atoms with Gasteiger partial charge in [-0.3, -0.25) is 14.4 Å². The third-order valence-corrected chi connectivity index (χ3v) is 7.98. The van der Waals surface area contributed by atoms with Crippen LogP contribution in [0.3, 0.4) is 0 Å². The van der Waals surface area contributed by atoms with Crippen LogP contribution in [0, 0.1) is 15.4 Å². The predicted octanol–water partition coefficient (Wildman–Crippen LogP) is 4.43. The van der Waals surface area contributed by atoms with Crippen molar-refractivity contribution in [2.45, 2.75) is 18.3 Å². The van der Waals surface area contributed by atoms with Crippen LogP contribution in [-0.2, 0) is 19.8 Å². The van der Waals surface area contributed by atoms with Gasteiger partial charge in [-0.2, -0.15) is 0 Å². The summed E-state index contributed by atoms with van der Waals surface area (Å²) in [5.74, 6) is -2.13. The van der Waals surface area contributed by atoms with Crippen molar-refractivity contribution in [3.8, 4) is 0 Å². The number of imide groups is 1. The summed E-state index contributed by atoms with van der Waals surface area (Å²) in [6.07, 6.45) is 0. The first kappa shape index (κ1) is 18.9. The van der Waals surface area contributed by atoms with Crippen LogP contribution in [0.15, 0.2) is 72.8 Å². The summed E-state index contributed by atoms with van der Waals surface area (Å²) in [5.41, 5.74) is 3.15. The van der Waals surface area contributed by atoms with E-state index in [4.69, 9.17) is 0 Å². The zero-order valence-corrected chi connectivity index (χ0v) is 18.9. The molecule has 1 heterocycles. The van der Waals surface area contributed by atoms with Crippen molar-refractivity contribution in [3.63, 3.8) is 0 Å². The van der Waals surface area contributed by atoms with E-state index in [9.17, 15) is 14.4 Å². The molecule has 4 aliphatic rings. The Labute approximate surface area is 193 Å². The van der Waals surface area contributed by atoms with Gasteiger partial charge < -0.3 is 0 Å². The maximum Gasteiger partial charge on any atom is 0.239 e. The molecule has 1 fully saturated rings. The van der Waals surface area contributed by atoms with Crippen LogP contribution >= 0.6 is 22.6 Å². The van der Waals surface area contributed by atoms with Crippen molar-refractivity contribution < 1.29 is 14.4 Å². The normalized spacial score (nSPS) is 27.7. The Bertz CT molecular complexity index is 1250. The van der Waals surface area contributed by atoms with Gasteiger partial charge in [-0.15, -0.1) is 0 Å². The molecule has 3 aliphatic carbocycles. The second-order valence-corrected chi connectivity index (χ2v) is 9.75. The molecule has 1 aliphatic heterocycles. The largest absolute Gasteiger partial charge is 0.299 e. The minimum atomic E-state index is -1.14. The minimum absolute atomic E-state index is 0.0915. The van der Waals surface area contributed by atoms with Gasteiger partial charge in [-0.1, -0.05) is 48.5 Å². The van der Waals surface area contributed by atoms with E-state index < -0.39 is 17.3 Å². The molecule has 1 saturated heterocycles. The third kappa shape index (κ3) is 2.17. The first-order valence-electron chi connectivity index (χ1n) is 10.3. The van der Waals surface area contributed by atoms with E-state index in [1.54, 1.807) is 19.1 Å². The number of rotatable bonds is 2. The topological polar surface area (TPSA) is 54.5 Å². The summed E-state index contributed by atoms with van der Waals surface area (Å²) in [5, 5.41) is 0. The Morgan fingerprint density at radius 2 is 1.39 bits per heavy atom. The highest BCUT2D eigenvalue weighted by Crippen LogP contribution is 2.64. The molecule has 3 aromatic carbocycles. The molecule has 2 amide bonds. The Morgan fingerprint density at radius 3 is 1.94 bits per heavy atom. The molecule has 4 nitrogen and oxygen atoms in total. The summed E-state index contributed by atoms with van der Waals surface area (Å²) in [6.45, 7) is 1.56. The summed E-state index contributed by atoms with van der Waals surface area (Å²) < 4.78 is 1.03. The number of carbonyl (C=O) groups is 3. The van der Waals surface area contributed by atoms with E-state index >= 15 is 0 Å². The number of carbonyl (C=O) groups excluding carboxylic acids is 3. The number of benzene rings is 3. The number of ketones is 1. The zero-order chi connectivity index (χ0) is 21.5. The molecular weight excluding hydrogens is 501 g/mol. The van der Waals surface area contributed by atoms with E-state index in [2.05, 4.69) is 22.6 Å². The zero-order valence-electron chi connectivity index (χ0n) is 16.7. The highest BCUT2D eigenvalue weighted by Gasteiger charge is 2.69. The minimum Gasteiger partial charge on any atom is -0.299 e. The van der Waals surface area contributed by atoms with Crippen molar-refractivity contribution in [3.05, 3.63) is 98.6 Å². The van der Waals surface area contributed by atoms with Crippen molar-refractivity contribution in [2.75, 3.05) is 4.90 Å². The van der Waals surface area contributed by atoms with Crippen molar-refractivity contribution in [2.24, 2.45) is 11.8 Å². The van der Waals surface area contributed by atoms with Gasteiger partial charge in [0, 0.05) is 9.49 Å². The monoisotopic (exact) mass is 519 g/mol. The lowest BCUT2D eigenvalue weighted by atomic mass is 9.46. The highest BCUT2D eigenvalue weighted by atomic mass is 127. The Kier molecular flexibility index (Phi) is 3.88. The quantitative estimate of drug-likeness (QED) is 0.372. The van der Waals surface area contributed by atoms with Crippen LogP contribution in [-0.4, -0.2) is 17.6 Å². The number of halogens is 1. The van der Waals surface area contributed by atoms with Gasteiger partial charge in [-0.05, 0) is 76.0 Å². The van der Waals surface area contributed by atoms with Gasteiger partial charge in [-0.25, -0.2) is 4.90 Å². The molecule has 0 unspecified atom stereocenters. The molecule has 152 valence electrons. The van der Waals surface area contributed by atoms with E-state index in [0.29, 0.717) is 5.69 Å². The molecule has 7 rings (SSSR count). The molecule has 31 heavy (non-hydrogen) atoms. The maximum atomic E-state index is 13.9. The molecule has 0 N–H and O–H groups in total. The van der Waals surface area contributed by atoms with Gasteiger partial charge in [0.15, 0.2) is 0 Å². The molecule has 0 saturated carbocycles. The molecule has 2 atom stereocenters. The van der Waals surface area contributed by atoms with Gasteiger partial charge in [0.05, 0.1) is 22.9 Å². The number of hydrogen-bond acceptors (Lipinski definition) is 3. The van der Waals surface area contributed by atoms with Gasteiger partial charge >= 0.3 is 0 Å². The first-order chi connectivity index (χ1) is 15.0. The number of nitrogens with zero attached hydrogens (tertiary/aromatic N) is 1. The van der Waals surface area contributed by atoms with Gasteiger partial charge in [0.1, 0.15) is 5.78 Å². The van der Waals surface area contributed by atoms with Crippen LogP contribution in [0.1, 0.15) is 35.1 Å². The fraction of sp³-hybridized carbons (Fsp3) is 0.192. The van der Waals surface area contributed by atoms with Crippen LogP contribution in [0.4, 0.5) is 5.69 Å². The van der Waals surface area contributed by atoms with Crippen LogP contribution in [0.5, 0.6) is 0 Å². The highest BCUT2D eigenvalue weighted by molar-refractivity contribution is 14.1. The standard InChI is InChI=1S/C26H18INO3/c1-14(29)26-19-8-4-2-6-17(19)21(18-7-3-5-9-20(18)26)22-23(26)25(31)28(24(22)30)16-12-10-15(27)11-13-16/h2-13,21-23H,1H3/t21?,22-,23-,26?/m0/s1. The predicted molar refractivity (Wildman–Crippen MR) is 125 cm³/mol. The van der Waals surface area contributed by atoms with E-state index in [1.165, 1.54) is 4.90 Å². The SMILES string of the molecule is CC(=O)C12c3ccccc3C(c3ccccc31)[C@@H]1C(=O)N(c3ccc(I)cc3)C(=O)[C@H]12. The molecule has 5 heteroatoms. The van der Waals surface area contributed by atoms with Gasteiger partial charge in [0.25, 0.3) is 0 Å². The fourth-order valence-corrected chi connectivity index (χ4v) is 6.57. The van der Waals surface area contributed by atoms with Crippen molar-refractivity contribution >= 4 is 45.9 Å². The Morgan fingerprint density at radius 1 is 0.839 bits per heavy atom. The maximum absolute atomic E-state index is 13.9. The average molecular weight is 519 g/mol. The molecule has 0 aromatic heterocycles. The molecule has 0 spiro atoms. The fourth-order valence-electron chi connectivity index (χ4n) is 6.21. The second kappa shape index (κ2) is 6.36. The van der Waals surface area contributed by atoms with E-state index in [1.807, 2.05) is 60.7 Å². The van der Waals surface area contributed by atoms with Crippen LogP contribution < -0.4 is 4.90 Å². The third-order valence-electron chi connectivity index (χ3n) is 7.26. The van der Waals surface area contributed by atoms with Crippen molar-refractivity contribution in [1.82, 2.24) is 0 Å². The molecule has 3 aromatic rings. The van der Waals surface area contributed by atoms with Crippen molar-refractivity contribution in [1.29, 1.82) is 0 Å². The molecular formula is C26H18INO3. The second-order valence-electron chi connectivity index (χ2n) is 8.51. The number of anilines is 1. The average Bonchev–Trinajstić information content (AvgIpc) is 3.05. The lowest BCUT2D eigenvalue weighted by Crippen LogP contribution is -2.57. The van der Waals surface area contributed by atoms with E-state index in [-0.39, 0.29) is 23.5 Å². The molecule has 2 bridgehead atoms. The summed E-state index contributed by atoms with van der Waals surface area (Å²) >= 11 is 2.20. The lowest BCUT2D eigenvalue weighted by Gasteiger charge is -2.52. The summed E-state index contributed by atoms with van der Waals surface area (Å²) in [7, 11) is 0. The Balaban J connectivity index is 1.67. The Hall–Kier alpha value is -2.80. The summed E-state index contributed by atoms with van der Waals surface area (Å²) in [6, 6.07) is 23.0. The number of amides is 2. The van der Waals surface area contributed by atoms with Gasteiger partial charge in [0.2, 0.25) is 11.8 Å². The summed E-state index contributed by atoms with van der Waals surface area (Å²) in [4.78, 5) is 42.5. The number of hydrogen-bond donors (Lipinski definition) is 0.